The van der Waals surface area contributed by atoms with Crippen LogP contribution in [0.15, 0.2) is 73.2 Å². The van der Waals surface area contributed by atoms with E-state index >= 15 is 0 Å². The van der Waals surface area contributed by atoms with Gasteiger partial charge in [-0.3, -0.25) is 4.79 Å². The van der Waals surface area contributed by atoms with Gasteiger partial charge in [0.15, 0.2) is 0 Å². The number of carbonyl (C=O) groups is 1. The molecule has 5 heteroatoms. The maximum absolute atomic E-state index is 13.1. The summed E-state index contributed by atoms with van der Waals surface area (Å²) in [7, 11) is 1.64. The lowest BCUT2D eigenvalue weighted by Gasteiger charge is -2.34. The molecule has 0 unspecified atom stereocenters. The van der Waals surface area contributed by atoms with Crippen LogP contribution >= 0.6 is 0 Å². The fraction of sp³-hybridized carbons (Fsp3) is 0.227. The quantitative estimate of drug-likeness (QED) is 0.712. The second-order valence-electron chi connectivity index (χ2n) is 6.89. The van der Waals surface area contributed by atoms with Crippen LogP contribution in [0.5, 0.6) is 5.75 Å². The third-order valence-corrected chi connectivity index (χ3v) is 4.71. The number of carbonyl (C=O) groups excluding carboxylic acids is 1. The van der Waals surface area contributed by atoms with Gasteiger partial charge in [0.05, 0.1) is 12.5 Å². The first-order chi connectivity index (χ1) is 13.0. The molecule has 27 heavy (non-hydrogen) atoms. The van der Waals surface area contributed by atoms with Crippen LogP contribution in [0.1, 0.15) is 30.9 Å². The maximum atomic E-state index is 13.1. The van der Waals surface area contributed by atoms with Crippen LogP contribution in [0.2, 0.25) is 0 Å². The molecule has 0 saturated carbocycles. The van der Waals surface area contributed by atoms with Gasteiger partial charge in [-0.05, 0) is 29.3 Å². The second-order valence-corrected chi connectivity index (χ2v) is 6.89. The number of nitrogens with one attached hydrogen (secondary N) is 1. The molecular weight excluding hydrogens is 338 g/mol. The van der Waals surface area contributed by atoms with Crippen molar-refractivity contribution >= 4 is 11.7 Å². The molecule has 1 amide bonds. The van der Waals surface area contributed by atoms with Gasteiger partial charge in [0, 0.05) is 12.1 Å². The maximum Gasteiger partial charge on any atom is 0.232 e. The van der Waals surface area contributed by atoms with Crippen molar-refractivity contribution in [3.63, 3.8) is 0 Å². The number of aromatic nitrogens is 2. The summed E-state index contributed by atoms with van der Waals surface area (Å²) in [6, 6.07) is 19.6. The largest absolute Gasteiger partial charge is 0.497 e. The Kier molecular flexibility index (Phi) is 5.50. The van der Waals surface area contributed by atoms with Gasteiger partial charge in [-0.1, -0.05) is 56.3 Å². The molecule has 1 atom stereocenters. The SMILES string of the molecule is COc1ccc([C@H](c2ccccc2)C(C)(C)C(=O)Nc2ccncn2)cc1. The minimum atomic E-state index is -0.721. The Balaban J connectivity index is 1.98. The van der Waals surface area contributed by atoms with Gasteiger partial charge in [0.25, 0.3) is 0 Å². The van der Waals surface area contributed by atoms with Crippen molar-refractivity contribution in [2.75, 3.05) is 12.4 Å². The minimum absolute atomic E-state index is 0.106. The topological polar surface area (TPSA) is 64.1 Å². The van der Waals surface area contributed by atoms with E-state index in [1.807, 2.05) is 56.3 Å². The highest BCUT2D eigenvalue weighted by Gasteiger charge is 2.39. The molecular formula is C22H23N3O2. The fourth-order valence-corrected chi connectivity index (χ4v) is 3.24. The molecule has 0 aliphatic rings. The van der Waals surface area contributed by atoms with Crippen LogP contribution in [0.25, 0.3) is 0 Å². The Morgan fingerprint density at radius 3 is 2.26 bits per heavy atom. The Bertz CT molecular complexity index is 878. The first-order valence-electron chi connectivity index (χ1n) is 8.78. The molecule has 138 valence electrons. The van der Waals surface area contributed by atoms with Gasteiger partial charge in [0.1, 0.15) is 17.9 Å². The van der Waals surface area contributed by atoms with Crippen LogP contribution in [0, 0.1) is 5.41 Å². The number of nitrogens with zero attached hydrogens (tertiary/aromatic N) is 2. The third-order valence-electron chi connectivity index (χ3n) is 4.71. The van der Waals surface area contributed by atoms with Gasteiger partial charge in [-0.2, -0.15) is 0 Å². The van der Waals surface area contributed by atoms with Crippen LogP contribution in [-0.4, -0.2) is 23.0 Å². The molecule has 0 fully saturated rings. The summed E-state index contributed by atoms with van der Waals surface area (Å²) >= 11 is 0. The van der Waals surface area contributed by atoms with E-state index < -0.39 is 5.41 Å². The Morgan fingerprint density at radius 1 is 1.00 bits per heavy atom. The number of hydrogen-bond acceptors (Lipinski definition) is 4. The fourth-order valence-electron chi connectivity index (χ4n) is 3.24. The number of benzene rings is 2. The molecule has 0 aliphatic heterocycles. The number of ether oxygens (including phenoxy) is 1. The highest BCUT2D eigenvalue weighted by atomic mass is 16.5. The van der Waals surface area contributed by atoms with Gasteiger partial charge < -0.3 is 10.1 Å². The first kappa shape index (κ1) is 18.6. The molecule has 0 spiro atoms. The smallest absolute Gasteiger partial charge is 0.232 e. The van der Waals surface area contributed by atoms with E-state index in [1.54, 1.807) is 19.4 Å². The lowest BCUT2D eigenvalue weighted by molar-refractivity contribution is -0.124. The molecule has 1 aromatic heterocycles. The molecule has 3 rings (SSSR count). The highest BCUT2D eigenvalue weighted by Crippen LogP contribution is 2.42. The van der Waals surface area contributed by atoms with E-state index in [0.29, 0.717) is 5.82 Å². The zero-order chi connectivity index (χ0) is 19.3. The number of methoxy groups -OCH3 is 1. The van der Waals surface area contributed by atoms with Crippen molar-refractivity contribution in [2.24, 2.45) is 5.41 Å². The van der Waals surface area contributed by atoms with Crippen molar-refractivity contribution in [2.45, 2.75) is 19.8 Å². The monoisotopic (exact) mass is 361 g/mol. The summed E-state index contributed by atoms with van der Waals surface area (Å²) in [5.74, 6) is 1.04. The second kappa shape index (κ2) is 7.99. The summed E-state index contributed by atoms with van der Waals surface area (Å²) in [6.07, 6.45) is 3.02. The van der Waals surface area contributed by atoms with Gasteiger partial charge in [-0.15, -0.1) is 0 Å². The molecule has 1 heterocycles. The van der Waals surface area contributed by atoms with E-state index in [2.05, 4.69) is 27.4 Å². The standard InChI is InChI=1S/C22H23N3O2/c1-22(2,21(26)25-19-13-14-23-15-24-19)20(16-7-5-4-6-8-16)17-9-11-18(27-3)12-10-17/h4-15,20H,1-3H3,(H,23,24,25,26)/t20-/m0/s1. The lowest BCUT2D eigenvalue weighted by Crippen LogP contribution is -2.37. The van der Waals surface area contributed by atoms with Crippen LogP contribution in [-0.2, 0) is 4.79 Å². The van der Waals surface area contributed by atoms with Crippen LogP contribution in [0.4, 0.5) is 5.82 Å². The molecule has 0 radical (unpaired) electrons. The van der Waals surface area contributed by atoms with Gasteiger partial charge in [-0.25, -0.2) is 9.97 Å². The minimum Gasteiger partial charge on any atom is -0.497 e. The van der Waals surface area contributed by atoms with Crippen molar-refractivity contribution in [1.82, 2.24) is 9.97 Å². The van der Waals surface area contributed by atoms with Gasteiger partial charge >= 0.3 is 0 Å². The van der Waals surface area contributed by atoms with Crippen molar-refractivity contribution in [3.8, 4) is 5.75 Å². The van der Waals surface area contributed by atoms with Crippen LogP contribution in [0.3, 0.4) is 0 Å². The van der Waals surface area contributed by atoms with E-state index in [9.17, 15) is 4.79 Å². The third kappa shape index (κ3) is 4.14. The summed E-state index contributed by atoms with van der Waals surface area (Å²) in [4.78, 5) is 21.1. The molecule has 0 bridgehead atoms. The normalized spacial score (nSPS) is 12.3. The van der Waals surface area contributed by atoms with Gasteiger partial charge in [0.2, 0.25) is 5.91 Å². The Labute approximate surface area is 159 Å². The molecule has 0 saturated heterocycles. The zero-order valence-electron chi connectivity index (χ0n) is 15.7. The lowest BCUT2D eigenvalue weighted by atomic mass is 9.70. The predicted molar refractivity (Wildman–Crippen MR) is 106 cm³/mol. The molecule has 2 aromatic carbocycles. The molecule has 5 nitrogen and oxygen atoms in total. The van der Waals surface area contributed by atoms with E-state index in [1.165, 1.54) is 6.33 Å². The number of amides is 1. The van der Waals surface area contributed by atoms with Crippen molar-refractivity contribution in [1.29, 1.82) is 0 Å². The van der Waals surface area contributed by atoms with Crippen LogP contribution < -0.4 is 10.1 Å². The predicted octanol–water partition coefficient (Wildman–Crippen LogP) is 4.28. The Hall–Kier alpha value is -3.21. The van der Waals surface area contributed by atoms with E-state index in [4.69, 9.17) is 4.74 Å². The Morgan fingerprint density at radius 2 is 1.67 bits per heavy atom. The number of hydrogen-bond donors (Lipinski definition) is 1. The average Bonchev–Trinajstić information content (AvgIpc) is 2.70. The number of rotatable bonds is 6. The average molecular weight is 361 g/mol. The first-order valence-corrected chi connectivity index (χ1v) is 8.78. The van der Waals surface area contributed by atoms with Crippen molar-refractivity contribution in [3.05, 3.63) is 84.3 Å². The van der Waals surface area contributed by atoms with E-state index in [-0.39, 0.29) is 11.8 Å². The summed E-state index contributed by atoms with van der Waals surface area (Å²) in [5, 5.41) is 2.91. The molecule has 0 aliphatic carbocycles. The number of anilines is 1. The van der Waals surface area contributed by atoms with Crippen molar-refractivity contribution < 1.29 is 9.53 Å². The summed E-state index contributed by atoms with van der Waals surface area (Å²) < 4.78 is 5.27. The summed E-state index contributed by atoms with van der Waals surface area (Å²) in [5.41, 5.74) is 1.40. The molecule has 3 aromatic rings. The zero-order valence-corrected chi connectivity index (χ0v) is 15.7. The summed E-state index contributed by atoms with van der Waals surface area (Å²) in [6.45, 7) is 3.90. The van der Waals surface area contributed by atoms with E-state index in [0.717, 1.165) is 16.9 Å². The molecule has 1 N–H and O–H groups in total. The highest BCUT2D eigenvalue weighted by molar-refractivity contribution is 5.95.